The first-order valence-corrected chi connectivity index (χ1v) is 9.56. The van der Waals surface area contributed by atoms with Crippen LogP contribution in [0.1, 0.15) is 28.8 Å². The molecule has 1 fully saturated rings. The van der Waals surface area contributed by atoms with Crippen LogP contribution in [0, 0.1) is 5.82 Å². The highest BCUT2D eigenvalue weighted by Crippen LogP contribution is 2.36. The first kappa shape index (κ1) is 20.3. The third-order valence-electron chi connectivity index (χ3n) is 4.88. The number of rotatable bonds is 7. The predicted octanol–water partition coefficient (Wildman–Crippen LogP) is 2.69. The van der Waals surface area contributed by atoms with Crippen molar-refractivity contribution in [1.82, 2.24) is 20.6 Å². The second-order valence-corrected chi connectivity index (χ2v) is 7.21. The molecule has 1 aliphatic carbocycles. The normalized spacial score (nSPS) is 13.8. The van der Waals surface area contributed by atoms with E-state index in [-0.39, 0.29) is 24.0 Å². The molecule has 0 unspecified atom stereocenters. The molecule has 9 heteroatoms. The molecule has 0 aliphatic heterocycles. The van der Waals surface area contributed by atoms with Crippen molar-refractivity contribution in [2.24, 2.45) is 0 Å². The number of phenols is 1. The average Bonchev–Trinajstić information content (AvgIpc) is 3.56. The number of nitrogens with one attached hydrogen (secondary N) is 2. The third kappa shape index (κ3) is 4.77. The summed E-state index contributed by atoms with van der Waals surface area (Å²) in [7, 11) is 0. The maximum atomic E-state index is 13.8. The highest BCUT2D eigenvalue weighted by Gasteiger charge is 2.51. The lowest BCUT2D eigenvalue weighted by atomic mass is 10.2. The summed E-state index contributed by atoms with van der Waals surface area (Å²) in [4.78, 5) is 32.5. The molecule has 158 valence electrons. The van der Waals surface area contributed by atoms with Gasteiger partial charge in [-0.2, -0.15) is 0 Å². The molecule has 2 aromatic carbocycles. The van der Waals surface area contributed by atoms with Crippen molar-refractivity contribution in [3.63, 3.8) is 0 Å². The maximum Gasteiger partial charge on any atom is 0.255 e. The van der Waals surface area contributed by atoms with E-state index in [1.165, 1.54) is 30.9 Å². The molecule has 1 heterocycles. The lowest BCUT2D eigenvalue weighted by Gasteiger charge is -2.17. The van der Waals surface area contributed by atoms with Gasteiger partial charge in [-0.05, 0) is 42.7 Å². The highest BCUT2D eigenvalue weighted by molar-refractivity contribution is 6.00. The van der Waals surface area contributed by atoms with E-state index >= 15 is 0 Å². The highest BCUT2D eigenvalue weighted by atomic mass is 19.1. The van der Waals surface area contributed by atoms with Gasteiger partial charge in [-0.1, -0.05) is 12.1 Å². The topological polar surface area (TPSA) is 113 Å². The van der Waals surface area contributed by atoms with E-state index < -0.39 is 17.3 Å². The van der Waals surface area contributed by atoms with E-state index in [0.717, 1.165) is 11.6 Å². The molecule has 0 spiro atoms. The maximum absolute atomic E-state index is 13.8. The van der Waals surface area contributed by atoms with Crippen LogP contribution < -0.4 is 15.4 Å². The number of aromatic nitrogens is 2. The van der Waals surface area contributed by atoms with Gasteiger partial charge < -0.3 is 20.5 Å². The van der Waals surface area contributed by atoms with Crippen molar-refractivity contribution in [2.45, 2.75) is 24.9 Å². The molecule has 1 aliphatic rings. The zero-order chi connectivity index (χ0) is 21.8. The number of hydrogen-bond donors (Lipinski definition) is 3. The summed E-state index contributed by atoms with van der Waals surface area (Å²) in [6.07, 6.45) is 5.23. The number of benzene rings is 2. The molecular formula is C22H19FN4O4. The Balaban J connectivity index is 1.31. The summed E-state index contributed by atoms with van der Waals surface area (Å²) in [5.74, 6) is -1.10. The molecule has 3 N–H and O–H groups in total. The summed E-state index contributed by atoms with van der Waals surface area (Å²) in [6.45, 7) is 0.263. The Labute approximate surface area is 177 Å². The van der Waals surface area contributed by atoms with Crippen LogP contribution in [-0.4, -0.2) is 32.4 Å². The van der Waals surface area contributed by atoms with E-state index in [1.54, 1.807) is 24.3 Å². The second kappa shape index (κ2) is 8.39. The molecule has 8 nitrogen and oxygen atoms in total. The first-order chi connectivity index (χ1) is 14.9. The number of halogens is 1. The third-order valence-corrected chi connectivity index (χ3v) is 4.88. The lowest BCUT2D eigenvalue weighted by molar-refractivity contribution is -0.124. The Morgan fingerprint density at radius 3 is 2.45 bits per heavy atom. The number of ether oxygens (including phenoxy) is 1. The van der Waals surface area contributed by atoms with Gasteiger partial charge in [0.05, 0.1) is 5.56 Å². The van der Waals surface area contributed by atoms with Gasteiger partial charge in [0.15, 0.2) is 11.6 Å². The number of carbonyl (C=O) groups excluding carboxylic acids is 2. The Hall–Kier alpha value is -4.01. The van der Waals surface area contributed by atoms with Crippen molar-refractivity contribution in [3.8, 4) is 17.2 Å². The minimum Gasteiger partial charge on any atom is -0.508 e. The van der Waals surface area contributed by atoms with E-state index in [0.29, 0.717) is 24.2 Å². The molecule has 1 saturated carbocycles. The average molecular weight is 422 g/mol. The summed E-state index contributed by atoms with van der Waals surface area (Å²) in [6, 6.07) is 10.4. The zero-order valence-corrected chi connectivity index (χ0v) is 16.3. The van der Waals surface area contributed by atoms with Crippen LogP contribution in [0.3, 0.4) is 0 Å². The molecular weight excluding hydrogens is 403 g/mol. The van der Waals surface area contributed by atoms with Crippen LogP contribution in [0.25, 0.3) is 0 Å². The fourth-order valence-electron chi connectivity index (χ4n) is 2.97. The van der Waals surface area contributed by atoms with Crippen molar-refractivity contribution < 1.29 is 23.8 Å². The van der Waals surface area contributed by atoms with Gasteiger partial charge in [0.25, 0.3) is 5.91 Å². The lowest BCUT2D eigenvalue weighted by Crippen LogP contribution is -2.48. The van der Waals surface area contributed by atoms with Gasteiger partial charge in [-0.25, -0.2) is 14.4 Å². The molecule has 0 atom stereocenters. The van der Waals surface area contributed by atoms with E-state index in [9.17, 15) is 19.1 Å². The summed E-state index contributed by atoms with van der Waals surface area (Å²) >= 11 is 0. The van der Waals surface area contributed by atoms with Crippen LogP contribution in [0.15, 0.2) is 61.2 Å². The standard InChI is InChI=1S/C22H19FN4O4/c23-18-9-16(28)3-6-19(18)31-17-4-1-14(2-5-17)10-26-21(30)22(7-8-22)27-20(29)15-11-24-13-25-12-15/h1-6,9,11-13,28H,7-8,10H2,(H,26,30)(H,27,29). The number of nitrogens with zero attached hydrogens (tertiary/aromatic N) is 2. The molecule has 3 aromatic rings. The quantitative estimate of drug-likeness (QED) is 0.540. The monoisotopic (exact) mass is 422 g/mol. The minimum absolute atomic E-state index is 0.00548. The van der Waals surface area contributed by atoms with E-state index in [1.807, 2.05) is 0 Å². The largest absolute Gasteiger partial charge is 0.508 e. The Kier molecular flexibility index (Phi) is 5.48. The number of carbonyl (C=O) groups is 2. The van der Waals surface area contributed by atoms with Crippen LogP contribution in [0.4, 0.5) is 4.39 Å². The van der Waals surface area contributed by atoms with E-state index in [4.69, 9.17) is 4.74 Å². The van der Waals surface area contributed by atoms with Gasteiger partial charge in [0.2, 0.25) is 5.91 Å². The van der Waals surface area contributed by atoms with Crippen LogP contribution in [-0.2, 0) is 11.3 Å². The number of amides is 2. The van der Waals surface area contributed by atoms with Gasteiger partial charge >= 0.3 is 0 Å². The fraction of sp³-hybridized carbons (Fsp3) is 0.182. The minimum atomic E-state index is -0.910. The number of hydrogen-bond acceptors (Lipinski definition) is 6. The molecule has 31 heavy (non-hydrogen) atoms. The Bertz CT molecular complexity index is 1100. The summed E-state index contributed by atoms with van der Waals surface area (Å²) < 4.78 is 19.2. The molecule has 0 bridgehead atoms. The SMILES string of the molecule is O=C(NC1(C(=O)NCc2ccc(Oc3ccc(O)cc3F)cc2)CC1)c1cncnc1. The van der Waals surface area contributed by atoms with Crippen LogP contribution >= 0.6 is 0 Å². The molecule has 4 rings (SSSR count). The smallest absolute Gasteiger partial charge is 0.255 e. The van der Waals surface area contributed by atoms with Gasteiger partial charge in [-0.3, -0.25) is 9.59 Å². The number of aromatic hydroxyl groups is 1. The molecule has 2 amide bonds. The fourth-order valence-corrected chi connectivity index (χ4v) is 2.97. The van der Waals surface area contributed by atoms with Gasteiger partial charge in [-0.15, -0.1) is 0 Å². The summed E-state index contributed by atoms with van der Waals surface area (Å²) in [5, 5.41) is 14.8. The Morgan fingerprint density at radius 1 is 1.10 bits per heavy atom. The van der Waals surface area contributed by atoms with Crippen LogP contribution in [0.5, 0.6) is 17.2 Å². The first-order valence-electron chi connectivity index (χ1n) is 9.56. The predicted molar refractivity (Wildman–Crippen MR) is 108 cm³/mol. The Morgan fingerprint density at radius 2 is 1.81 bits per heavy atom. The second-order valence-electron chi connectivity index (χ2n) is 7.21. The van der Waals surface area contributed by atoms with Crippen molar-refractivity contribution in [3.05, 3.63) is 78.1 Å². The van der Waals surface area contributed by atoms with Crippen LogP contribution in [0.2, 0.25) is 0 Å². The van der Waals surface area contributed by atoms with Crippen molar-refractivity contribution in [1.29, 1.82) is 0 Å². The number of phenolic OH excluding ortho intramolecular Hbond substituents is 1. The van der Waals surface area contributed by atoms with E-state index in [2.05, 4.69) is 20.6 Å². The zero-order valence-electron chi connectivity index (χ0n) is 16.3. The molecule has 0 radical (unpaired) electrons. The van der Waals surface area contributed by atoms with Gasteiger partial charge in [0.1, 0.15) is 23.4 Å². The van der Waals surface area contributed by atoms with Gasteiger partial charge in [0, 0.05) is 25.0 Å². The van der Waals surface area contributed by atoms with Crippen molar-refractivity contribution in [2.75, 3.05) is 0 Å². The van der Waals surface area contributed by atoms with Crippen molar-refractivity contribution >= 4 is 11.8 Å². The molecule has 0 saturated heterocycles. The molecule has 1 aromatic heterocycles. The summed E-state index contributed by atoms with van der Waals surface area (Å²) in [5.41, 5.74) is 0.194.